The molecule has 0 bridgehead atoms. The molecule has 0 N–H and O–H groups in total. The van der Waals surface area contributed by atoms with Crippen molar-refractivity contribution in [3.05, 3.63) is 74.3 Å². The summed E-state index contributed by atoms with van der Waals surface area (Å²) < 4.78 is 9.72. The second-order valence-corrected chi connectivity index (χ2v) is 6.50. The van der Waals surface area contributed by atoms with Gasteiger partial charge in [-0.25, -0.2) is 9.78 Å². The summed E-state index contributed by atoms with van der Waals surface area (Å²) in [6, 6.07) is 8.11. The molecule has 0 saturated heterocycles. The molecule has 0 saturated carbocycles. The summed E-state index contributed by atoms with van der Waals surface area (Å²) in [6.07, 6.45) is 2.03. The number of imidazole rings is 1. The molecule has 0 aliphatic carbocycles. The highest BCUT2D eigenvalue weighted by Gasteiger charge is 2.16. The summed E-state index contributed by atoms with van der Waals surface area (Å²) in [5.41, 5.74) is 2.07. The first kappa shape index (κ1) is 17.0. The van der Waals surface area contributed by atoms with Crippen LogP contribution < -0.4 is 11.2 Å². The highest BCUT2D eigenvalue weighted by molar-refractivity contribution is 5.70. The Kier molecular flexibility index (Phi) is 3.98. The van der Waals surface area contributed by atoms with Crippen LogP contribution in [0.2, 0.25) is 0 Å². The highest BCUT2D eigenvalue weighted by Crippen LogP contribution is 2.12. The maximum Gasteiger partial charge on any atom is 0.332 e. The zero-order valence-corrected chi connectivity index (χ0v) is 15.2. The van der Waals surface area contributed by atoms with Gasteiger partial charge in [0, 0.05) is 14.1 Å². The van der Waals surface area contributed by atoms with Crippen LogP contribution in [-0.4, -0.2) is 28.9 Å². The molecule has 4 aromatic rings. The zero-order chi connectivity index (χ0) is 19.1. The number of fused-ring (bicyclic) bond motifs is 1. The highest BCUT2D eigenvalue weighted by atomic mass is 16.4. The molecule has 9 heteroatoms. The van der Waals surface area contributed by atoms with Crippen molar-refractivity contribution < 1.29 is 4.42 Å². The van der Waals surface area contributed by atoms with E-state index in [0.717, 1.165) is 10.1 Å². The molecular formula is C18H18N6O3. The molecule has 4 rings (SSSR count). The van der Waals surface area contributed by atoms with Gasteiger partial charge in [0.1, 0.15) is 6.54 Å². The Balaban J connectivity index is 1.64. The van der Waals surface area contributed by atoms with Crippen molar-refractivity contribution in [1.82, 2.24) is 28.9 Å². The van der Waals surface area contributed by atoms with Gasteiger partial charge in [-0.15, -0.1) is 10.2 Å². The normalized spacial score (nSPS) is 11.4. The zero-order valence-electron chi connectivity index (χ0n) is 15.2. The first-order chi connectivity index (χ1) is 12.9. The molecule has 0 aliphatic heterocycles. The Morgan fingerprint density at radius 2 is 1.70 bits per heavy atom. The minimum atomic E-state index is -0.420. The molecule has 138 valence electrons. The standard InChI is InChI=1S/C18H18N6O3/c1-11-4-6-12(7-5-11)8-13-20-21-14(27-13)9-24-10-19-16-15(24)17(25)23(3)18(26)22(16)2/h4-7,10H,8-9H2,1-3H3. The maximum atomic E-state index is 12.5. The molecule has 0 spiro atoms. The van der Waals surface area contributed by atoms with Crippen LogP contribution in [0.4, 0.5) is 0 Å². The largest absolute Gasteiger partial charge is 0.423 e. The minimum Gasteiger partial charge on any atom is -0.423 e. The van der Waals surface area contributed by atoms with Crippen LogP contribution in [0.1, 0.15) is 22.9 Å². The van der Waals surface area contributed by atoms with Crippen molar-refractivity contribution in [3.8, 4) is 0 Å². The molecule has 0 radical (unpaired) electrons. The van der Waals surface area contributed by atoms with Crippen molar-refractivity contribution in [2.45, 2.75) is 19.9 Å². The fourth-order valence-electron chi connectivity index (χ4n) is 2.97. The lowest BCUT2D eigenvalue weighted by molar-refractivity contribution is 0.447. The number of rotatable bonds is 4. The quantitative estimate of drug-likeness (QED) is 0.529. The number of nitrogens with zero attached hydrogens (tertiary/aromatic N) is 6. The lowest BCUT2D eigenvalue weighted by Gasteiger charge is -2.04. The fourth-order valence-corrected chi connectivity index (χ4v) is 2.97. The Morgan fingerprint density at radius 1 is 1.00 bits per heavy atom. The first-order valence-corrected chi connectivity index (χ1v) is 8.41. The topological polar surface area (TPSA) is 101 Å². The van der Waals surface area contributed by atoms with Crippen LogP contribution in [0.25, 0.3) is 11.2 Å². The predicted molar refractivity (Wildman–Crippen MR) is 97.6 cm³/mol. The maximum absolute atomic E-state index is 12.5. The van der Waals surface area contributed by atoms with Crippen LogP contribution in [-0.2, 0) is 27.1 Å². The third-order valence-electron chi connectivity index (χ3n) is 4.51. The molecule has 0 fully saturated rings. The van der Waals surface area contributed by atoms with Gasteiger partial charge in [-0.3, -0.25) is 13.9 Å². The third-order valence-corrected chi connectivity index (χ3v) is 4.51. The smallest absolute Gasteiger partial charge is 0.332 e. The van der Waals surface area contributed by atoms with E-state index in [0.29, 0.717) is 29.4 Å². The van der Waals surface area contributed by atoms with E-state index in [9.17, 15) is 9.59 Å². The number of hydrogen-bond acceptors (Lipinski definition) is 6. The number of hydrogen-bond donors (Lipinski definition) is 0. The summed E-state index contributed by atoms with van der Waals surface area (Å²) in [5, 5.41) is 8.14. The van der Waals surface area contributed by atoms with E-state index >= 15 is 0 Å². The van der Waals surface area contributed by atoms with Gasteiger partial charge in [-0.2, -0.15) is 0 Å². The average Bonchev–Trinajstić information content (AvgIpc) is 3.27. The van der Waals surface area contributed by atoms with Gasteiger partial charge in [0.25, 0.3) is 5.56 Å². The molecule has 0 aliphatic rings. The molecule has 27 heavy (non-hydrogen) atoms. The third kappa shape index (κ3) is 2.97. The van der Waals surface area contributed by atoms with E-state index < -0.39 is 11.2 Å². The Labute approximate surface area is 153 Å². The van der Waals surface area contributed by atoms with Gasteiger partial charge in [-0.05, 0) is 12.5 Å². The van der Waals surface area contributed by atoms with E-state index in [2.05, 4.69) is 15.2 Å². The van der Waals surface area contributed by atoms with Crippen LogP contribution in [0.3, 0.4) is 0 Å². The molecule has 3 heterocycles. The number of aromatic nitrogens is 6. The molecule has 0 atom stereocenters. The molecule has 3 aromatic heterocycles. The molecule has 9 nitrogen and oxygen atoms in total. The van der Waals surface area contributed by atoms with E-state index in [1.54, 1.807) is 11.6 Å². The van der Waals surface area contributed by atoms with Crippen LogP contribution in [0.5, 0.6) is 0 Å². The van der Waals surface area contributed by atoms with Crippen molar-refractivity contribution in [2.75, 3.05) is 0 Å². The second kappa shape index (κ2) is 6.35. The summed E-state index contributed by atoms with van der Waals surface area (Å²) in [6.45, 7) is 2.23. The van der Waals surface area contributed by atoms with Gasteiger partial charge in [0.05, 0.1) is 12.7 Å². The van der Waals surface area contributed by atoms with Gasteiger partial charge in [0.15, 0.2) is 11.2 Å². The monoisotopic (exact) mass is 366 g/mol. The minimum absolute atomic E-state index is 0.199. The Morgan fingerprint density at radius 3 is 2.44 bits per heavy atom. The number of aryl methyl sites for hydroxylation is 2. The summed E-state index contributed by atoms with van der Waals surface area (Å²) in [7, 11) is 3.02. The van der Waals surface area contributed by atoms with Crippen molar-refractivity contribution in [3.63, 3.8) is 0 Å². The molecule has 1 aromatic carbocycles. The van der Waals surface area contributed by atoms with E-state index in [1.165, 1.54) is 23.5 Å². The second-order valence-electron chi connectivity index (χ2n) is 6.50. The number of benzene rings is 1. The molecule has 0 amide bonds. The van der Waals surface area contributed by atoms with Crippen molar-refractivity contribution >= 4 is 11.2 Å². The molecule has 0 unspecified atom stereocenters. The SMILES string of the molecule is Cc1ccc(Cc2nnc(Cn3cnc4c3c(=O)n(C)c(=O)n4C)o2)cc1. The Hall–Kier alpha value is -3.49. The Bertz CT molecular complexity index is 1240. The van der Waals surface area contributed by atoms with E-state index in [-0.39, 0.29) is 6.54 Å². The molecular weight excluding hydrogens is 348 g/mol. The fraction of sp³-hybridized carbons (Fsp3) is 0.278. The van der Waals surface area contributed by atoms with E-state index in [1.807, 2.05) is 31.2 Å². The summed E-state index contributed by atoms with van der Waals surface area (Å²) in [4.78, 5) is 28.7. The van der Waals surface area contributed by atoms with E-state index in [4.69, 9.17) is 4.42 Å². The predicted octanol–water partition coefficient (Wildman–Crippen LogP) is 0.764. The lowest BCUT2D eigenvalue weighted by Crippen LogP contribution is -2.37. The lowest BCUT2D eigenvalue weighted by atomic mass is 10.1. The van der Waals surface area contributed by atoms with Crippen LogP contribution in [0.15, 0.2) is 44.6 Å². The summed E-state index contributed by atoms with van der Waals surface area (Å²) in [5.74, 6) is 0.867. The van der Waals surface area contributed by atoms with Crippen molar-refractivity contribution in [1.29, 1.82) is 0 Å². The average molecular weight is 366 g/mol. The van der Waals surface area contributed by atoms with Gasteiger partial charge in [-0.1, -0.05) is 29.8 Å². The van der Waals surface area contributed by atoms with Gasteiger partial charge >= 0.3 is 5.69 Å². The first-order valence-electron chi connectivity index (χ1n) is 8.41. The van der Waals surface area contributed by atoms with Gasteiger partial charge < -0.3 is 8.98 Å². The van der Waals surface area contributed by atoms with Crippen LogP contribution in [0, 0.1) is 6.92 Å². The van der Waals surface area contributed by atoms with Crippen LogP contribution >= 0.6 is 0 Å². The van der Waals surface area contributed by atoms with Gasteiger partial charge in [0.2, 0.25) is 11.8 Å². The van der Waals surface area contributed by atoms with Crippen molar-refractivity contribution in [2.24, 2.45) is 14.1 Å². The summed E-state index contributed by atoms with van der Waals surface area (Å²) >= 11 is 0.